The molecule has 0 radical (unpaired) electrons. The van der Waals surface area contributed by atoms with Gasteiger partial charge in [-0.15, -0.1) is 23.5 Å². The van der Waals surface area contributed by atoms with Gasteiger partial charge < -0.3 is 9.51 Å². The zero-order valence-electron chi connectivity index (χ0n) is 23.6. The summed E-state index contributed by atoms with van der Waals surface area (Å²) in [4.78, 5) is 5.59. The molecule has 2 aliphatic carbocycles. The first-order valence-corrected chi connectivity index (χ1v) is 15.6. The number of pyridine rings is 1. The lowest BCUT2D eigenvalue weighted by atomic mass is 9.71. The summed E-state index contributed by atoms with van der Waals surface area (Å²) in [6, 6.07) is 19.0. The highest BCUT2D eigenvalue weighted by Gasteiger charge is 2.84. The van der Waals surface area contributed by atoms with Crippen molar-refractivity contribution in [3.05, 3.63) is 125 Å². The van der Waals surface area contributed by atoms with Gasteiger partial charge in [0, 0.05) is 44.5 Å². The predicted molar refractivity (Wildman–Crippen MR) is 166 cm³/mol. The molecule has 4 aliphatic rings. The number of thioether (sulfide) groups is 2. The van der Waals surface area contributed by atoms with Crippen molar-refractivity contribution in [1.29, 1.82) is 0 Å². The number of hydrogen-bond donors (Lipinski definition) is 1. The van der Waals surface area contributed by atoms with Gasteiger partial charge in [0.25, 0.3) is 0 Å². The van der Waals surface area contributed by atoms with E-state index >= 15 is 26.3 Å². The standard InChI is InChI=1S/C34H22F6N2OS2/c1-30-21(14-25(44-30)18-8-4-3-5-9-18)28-29(33(37,38)34(39,40)32(28,35)36)22-15-26(45-31(22,30)2)19-12-13-27-41-23(17-42(27)16-19)20-10-6-7-11-24(20)43/h3-17,43H,1-2H3. The lowest BCUT2D eigenvalue weighted by molar-refractivity contribution is -0.258. The summed E-state index contributed by atoms with van der Waals surface area (Å²) in [6.07, 6.45) is 6.19. The second-order valence-corrected chi connectivity index (χ2v) is 14.7. The maximum atomic E-state index is 15.7. The summed E-state index contributed by atoms with van der Waals surface area (Å²) in [6.45, 7) is 3.35. The van der Waals surface area contributed by atoms with Crippen LogP contribution in [0.25, 0.3) is 26.7 Å². The van der Waals surface area contributed by atoms with Gasteiger partial charge in [0.1, 0.15) is 11.4 Å². The van der Waals surface area contributed by atoms with Crippen LogP contribution >= 0.6 is 23.5 Å². The molecule has 2 aliphatic heterocycles. The average Bonchev–Trinajstić information content (AvgIpc) is 3.71. The van der Waals surface area contributed by atoms with Crippen LogP contribution in [-0.4, -0.2) is 41.8 Å². The number of halogens is 6. The summed E-state index contributed by atoms with van der Waals surface area (Å²) in [5.41, 5.74) is -0.153. The molecule has 1 N–H and O–H groups in total. The van der Waals surface area contributed by atoms with Crippen LogP contribution in [0.4, 0.5) is 26.3 Å². The third-order valence-electron chi connectivity index (χ3n) is 9.30. The summed E-state index contributed by atoms with van der Waals surface area (Å²) < 4.78 is 91.9. The van der Waals surface area contributed by atoms with Crippen LogP contribution in [0.5, 0.6) is 5.75 Å². The van der Waals surface area contributed by atoms with E-state index in [0.717, 1.165) is 0 Å². The van der Waals surface area contributed by atoms with Crippen LogP contribution in [0, 0.1) is 0 Å². The molecule has 45 heavy (non-hydrogen) atoms. The number of imidazole rings is 1. The number of hydrogen-bond acceptors (Lipinski definition) is 4. The molecule has 228 valence electrons. The number of aromatic hydroxyl groups is 1. The SMILES string of the molecule is CC12SC(c3ccccc3)=CC1=C1C(=C3C=C(c4ccc5nc(-c6ccccc6O)cn5c4)SC32C)C(F)(F)C(F)(F)C1(F)F. The molecule has 0 spiro atoms. The minimum atomic E-state index is -5.61. The molecule has 11 heteroatoms. The quantitative estimate of drug-likeness (QED) is 0.224. The van der Waals surface area contributed by atoms with E-state index in [1.807, 2.05) is 0 Å². The molecule has 2 aromatic carbocycles. The van der Waals surface area contributed by atoms with Gasteiger partial charge in [-0.05, 0) is 67.0 Å². The minimum Gasteiger partial charge on any atom is -0.507 e. The fraction of sp³-hybridized carbons (Fsp3) is 0.206. The van der Waals surface area contributed by atoms with Crippen LogP contribution in [0.2, 0.25) is 0 Å². The molecule has 4 aromatic rings. The Bertz CT molecular complexity index is 2100. The summed E-state index contributed by atoms with van der Waals surface area (Å²) in [5, 5.41) is 10.3. The van der Waals surface area contributed by atoms with Crippen molar-refractivity contribution in [2.24, 2.45) is 0 Å². The molecule has 1 fully saturated rings. The molecular formula is C34H22F6N2OS2. The van der Waals surface area contributed by atoms with Crippen molar-refractivity contribution >= 4 is 39.0 Å². The fourth-order valence-electron chi connectivity index (χ4n) is 6.75. The monoisotopic (exact) mass is 652 g/mol. The van der Waals surface area contributed by atoms with Gasteiger partial charge in [0.2, 0.25) is 0 Å². The van der Waals surface area contributed by atoms with Crippen LogP contribution in [-0.2, 0) is 0 Å². The fourth-order valence-corrected chi connectivity index (χ4v) is 9.88. The Balaban J connectivity index is 1.32. The lowest BCUT2D eigenvalue weighted by Crippen LogP contribution is -2.48. The van der Waals surface area contributed by atoms with Gasteiger partial charge >= 0.3 is 17.8 Å². The first-order valence-electron chi connectivity index (χ1n) is 14.0. The Morgan fingerprint density at radius 1 is 0.667 bits per heavy atom. The predicted octanol–water partition coefficient (Wildman–Crippen LogP) is 9.63. The maximum Gasteiger partial charge on any atom is 0.380 e. The normalized spacial score (nSPS) is 27.4. The van der Waals surface area contributed by atoms with Crippen molar-refractivity contribution in [2.75, 3.05) is 0 Å². The second kappa shape index (κ2) is 8.91. The summed E-state index contributed by atoms with van der Waals surface area (Å²) in [5.74, 6) is -15.7. The van der Waals surface area contributed by atoms with Gasteiger partial charge in [0.15, 0.2) is 0 Å². The molecule has 0 amide bonds. The number of phenols is 1. The van der Waals surface area contributed by atoms with E-state index in [0.29, 0.717) is 37.8 Å². The van der Waals surface area contributed by atoms with Gasteiger partial charge in [-0.2, -0.15) is 26.3 Å². The molecule has 3 nitrogen and oxygen atoms in total. The highest BCUT2D eigenvalue weighted by molar-refractivity contribution is 8.14. The molecule has 2 atom stereocenters. The van der Waals surface area contributed by atoms with E-state index in [1.54, 1.807) is 97.4 Å². The number of para-hydroxylation sites is 1. The van der Waals surface area contributed by atoms with Crippen molar-refractivity contribution in [3.8, 4) is 17.0 Å². The van der Waals surface area contributed by atoms with Crippen LogP contribution in [0.1, 0.15) is 25.0 Å². The Hall–Kier alpha value is -3.83. The average molecular weight is 653 g/mol. The van der Waals surface area contributed by atoms with E-state index in [4.69, 9.17) is 0 Å². The lowest BCUT2D eigenvalue weighted by Gasteiger charge is -2.47. The highest BCUT2D eigenvalue weighted by atomic mass is 32.2. The first kappa shape index (κ1) is 28.6. The number of aromatic nitrogens is 2. The van der Waals surface area contributed by atoms with Crippen molar-refractivity contribution in [2.45, 2.75) is 41.1 Å². The number of alkyl halides is 6. The highest BCUT2D eigenvalue weighted by Crippen LogP contribution is 2.75. The smallest absolute Gasteiger partial charge is 0.380 e. The zero-order chi connectivity index (χ0) is 31.7. The third-order valence-corrected chi connectivity index (χ3v) is 12.6. The molecule has 0 bridgehead atoms. The minimum absolute atomic E-state index is 0.0524. The van der Waals surface area contributed by atoms with Crippen molar-refractivity contribution in [1.82, 2.24) is 9.38 Å². The Morgan fingerprint density at radius 3 is 1.82 bits per heavy atom. The van der Waals surface area contributed by atoms with Gasteiger partial charge in [0.05, 0.1) is 15.2 Å². The van der Waals surface area contributed by atoms with Crippen molar-refractivity contribution in [3.63, 3.8) is 0 Å². The number of phenolic OH excluding ortho intramolecular Hbond substituents is 1. The molecule has 8 rings (SSSR count). The zero-order valence-corrected chi connectivity index (χ0v) is 25.2. The van der Waals surface area contributed by atoms with E-state index in [2.05, 4.69) is 4.98 Å². The Kier molecular flexibility index (Phi) is 5.67. The Morgan fingerprint density at radius 2 is 1.22 bits per heavy atom. The van der Waals surface area contributed by atoms with E-state index in [1.165, 1.54) is 35.7 Å². The summed E-state index contributed by atoms with van der Waals surface area (Å²) >= 11 is 2.43. The molecular weight excluding hydrogens is 631 g/mol. The first-order chi connectivity index (χ1) is 21.2. The maximum absolute atomic E-state index is 15.7. The van der Waals surface area contributed by atoms with Crippen LogP contribution in [0.3, 0.4) is 0 Å². The van der Waals surface area contributed by atoms with E-state index < -0.39 is 38.4 Å². The number of rotatable bonds is 3. The molecule has 2 unspecified atom stereocenters. The molecule has 1 saturated carbocycles. The number of nitrogens with zero attached hydrogens (tertiary/aromatic N) is 2. The van der Waals surface area contributed by atoms with E-state index in [-0.39, 0.29) is 16.9 Å². The second-order valence-electron chi connectivity index (χ2n) is 11.8. The van der Waals surface area contributed by atoms with Gasteiger partial charge in [-0.1, -0.05) is 42.5 Å². The molecule has 4 heterocycles. The van der Waals surface area contributed by atoms with Crippen molar-refractivity contribution < 1.29 is 31.4 Å². The van der Waals surface area contributed by atoms with E-state index in [9.17, 15) is 5.11 Å². The van der Waals surface area contributed by atoms with Crippen LogP contribution < -0.4 is 0 Å². The van der Waals surface area contributed by atoms with Gasteiger partial charge in [-0.25, -0.2) is 4.98 Å². The summed E-state index contributed by atoms with van der Waals surface area (Å²) in [7, 11) is 0. The number of fused-ring (bicyclic) bond motifs is 5. The third kappa shape index (κ3) is 3.51. The molecule has 0 saturated heterocycles. The molecule has 2 aromatic heterocycles. The number of allylic oxidation sites excluding steroid dienone is 4. The van der Waals surface area contributed by atoms with Crippen LogP contribution in [0.15, 0.2) is 114 Å². The largest absolute Gasteiger partial charge is 0.507 e. The topological polar surface area (TPSA) is 37.5 Å². The Labute approximate surface area is 262 Å². The van der Waals surface area contributed by atoms with Gasteiger partial charge in [-0.3, -0.25) is 0 Å². The number of benzene rings is 2.